The first-order chi connectivity index (χ1) is 9.05. The summed E-state index contributed by atoms with van der Waals surface area (Å²) in [6.45, 7) is 0.988. The van der Waals surface area contributed by atoms with Gasteiger partial charge in [0.1, 0.15) is 5.82 Å². The topological polar surface area (TPSA) is 49.4 Å². The molecule has 2 saturated heterocycles. The van der Waals surface area contributed by atoms with Crippen molar-refractivity contribution in [3.63, 3.8) is 0 Å². The van der Waals surface area contributed by atoms with Gasteiger partial charge in [0, 0.05) is 25.2 Å². The van der Waals surface area contributed by atoms with E-state index in [0.29, 0.717) is 19.1 Å². The quantitative estimate of drug-likeness (QED) is 0.903. The molecule has 4 nitrogen and oxygen atoms in total. The van der Waals surface area contributed by atoms with E-state index in [0.717, 1.165) is 25.3 Å². The van der Waals surface area contributed by atoms with Gasteiger partial charge in [-0.1, -0.05) is 6.07 Å². The van der Waals surface area contributed by atoms with Crippen molar-refractivity contribution < 1.29 is 12.8 Å². The second-order valence-electron chi connectivity index (χ2n) is 5.25. The van der Waals surface area contributed by atoms with Crippen molar-refractivity contribution in [2.24, 2.45) is 0 Å². The first-order valence-corrected chi connectivity index (χ1v) is 8.01. The molecule has 7 heteroatoms. The fraction of sp³-hybridized carbons (Fsp3) is 0.538. The van der Waals surface area contributed by atoms with Crippen LogP contribution in [-0.2, 0) is 10.0 Å². The number of nitrogens with one attached hydrogen (secondary N) is 1. The third kappa shape index (κ3) is 2.98. The minimum Gasteiger partial charge on any atom is -0.310 e. The van der Waals surface area contributed by atoms with Gasteiger partial charge in [0.15, 0.2) is 0 Å². The maximum absolute atomic E-state index is 13.2. The van der Waals surface area contributed by atoms with Crippen molar-refractivity contribution in [3.8, 4) is 0 Å². The minimum absolute atomic E-state index is 0. The molecule has 112 valence electrons. The van der Waals surface area contributed by atoms with Crippen LogP contribution >= 0.6 is 12.4 Å². The summed E-state index contributed by atoms with van der Waals surface area (Å²) in [5.41, 5.74) is 0. The highest BCUT2D eigenvalue weighted by Crippen LogP contribution is 2.25. The molecule has 0 aliphatic carbocycles. The Bertz CT molecular complexity index is 581. The summed E-state index contributed by atoms with van der Waals surface area (Å²) >= 11 is 0. The van der Waals surface area contributed by atoms with Gasteiger partial charge in [0.05, 0.1) is 4.90 Å². The smallest absolute Gasteiger partial charge is 0.243 e. The van der Waals surface area contributed by atoms with Crippen molar-refractivity contribution >= 4 is 22.4 Å². The minimum atomic E-state index is -3.58. The van der Waals surface area contributed by atoms with Crippen LogP contribution in [0.2, 0.25) is 0 Å². The SMILES string of the molecule is Cl.O=S(=O)(c1cccc(F)c1)N1CCC2CCC(C1)N2. The number of nitrogens with zero attached hydrogens (tertiary/aromatic N) is 1. The predicted octanol–water partition coefficient (Wildman–Crippen LogP) is 1.76. The molecular weight excluding hydrogens is 303 g/mol. The van der Waals surface area contributed by atoms with Crippen molar-refractivity contribution in [1.29, 1.82) is 0 Å². The Morgan fingerprint density at radius 2 is 1.95 bits per heavy atom. The number of halogens is 2. The Kier molecular flexibility index (Phi) is 4.69. The fourth-order valence-electron chi connectivity index (χ4n) is 2.91. The van der Waals surface area contributed by atoms with Gasteiger partial charge in [-0.15, -0.1) is 12.4 Å². The molecule has 0 amide bonds. The van der Waals surface area contributed by atoms with E-state index in [1.807, 2.05) is 0 Å². The summed E-state index contributed by atoms with van der Waals surface area (Å²) in [5.74, 6) is -0.518. The number of sulfonamides is 1. The molecule has 0 aromatic heterocycles. The first kappa shape index (κ1) is 15.7. The monoisotopic (exact) mass is 320 g/mol. The van der Waals surface area contributed by atoms with E-state index in [9.17, 15) is 12.8 Å². The van der Waals surface area contributed by atoms with Crippen molar-refractivity contribution in [3.05, 3.63) is 30.1 Å². The van der Waals surface area contributed by atoms with Crippen molar-refractivity contribution in [1.82, 2.24) is 9.62 Å². The van der Waals surface area contributed by atoms with Gasteiger partial charge in [-0.05, 0) is 37.5 Å². The molecule has 2 aliphatic heterocycles. The van der Waals surface area contributed by atoms with Crippen molar-refractivity contribution in [2.45, 2.75) is 36.2 Å². The lowest BCUT2D eigenvalue weighted by Gasteiger charge is -2.23. The third-order valence-corrected chi connectivity index (χ3v) is 5.78. The number of hydrogen-bond acceptors (Lipinski definition) is 3. The van der Waals surface area contributed by atoms with Crippen LogP contribution in [-0.4, -0.2) is 37.9 Å². The molecule has 0 spiro atoms. The van der Waals surface area contributed by atoms with Gasteiger partial charge in [-0.2, -0.15) is 4.31 Å². The van der Waals surface area contributed by atoms with E-state index in [-0.39, 0.29) is 23.3 Å². The van der Waals surface area contributed by atoms with Gasteiger partial charge < -0.3 is 5.32 Å². The van der Waals surface area contributed by atoms with Crippen LogP contribution in [0.3, 0.4) is 0 Å². The normalized spacial score (nSPS) is 26.9. The number of rotatable bonds is 2. The molecule has 20 heavy (non-hydrogen) atoms. The number of benzene rings is 1. The molecule has 1 aromatic carbocycles. The summed E-state index contributed by atoms with van der Waals surface area (Å²) in [5, 5.41) is 3.44. The Morgan fingerprint density at radius 1 is 1.20 bits per heavy atom. The van der Waals surface area contributed by atoms with Crippen LogP contribution in [0.4, 0.5) is 4.39 Å². The molecule has 0 saturated carbocycles. The van der Waals surface area contributed by atoms with Gasteiger partial charge >= 0.3 is 0 Å². The molecule has 1 N–H and O–H groups in total. The van der Waals surface area contributed by atoms with Crippen LogP contribution in [0, 0.1) is 5.82 Å². The lowest BCUT2D eigenvalue weighted by molar-refractivity contribution is 0.383. The van der Waals surface area contributed by atoms with Gasteiger partial charge in [0.2, 0.25) is 10.0 Å². The molecule has 3 rings (SSSR count). The molecule has 2 fully saturated rings. The maximum Gasteiger partial charge on any atom is 0.243 e. The second kappa shape index (κ2) is 5.97. The zero-order chi connectivity index (χ0) is 13.5. The summed E-state index contributed by atoms with van der Waals surface area (Å²) in [6.07, 6.45) is 2.96. The first-order valence-electron chi connectivity index (χ1n) is 6.57. The van der Waals surface area contributed by atoms with E-state index >= 15 is 0 Å². The Morgan fingerprint density at radius 3 is 2.70 bits per heavy atom. The van der Waals surface area contributed by atoms with Crippen LogP contribution in [0.5, 0.6) is 0 Å². The average Bonchev–Trinajstić information content (AvgIpc) is 2.68. The highest BCUT2D eigenvalue weighted by Gasteiger charge is 2.34. The van der Waals surface area contributed by atoms with Crippen molar-refractivity contribution in [2.75, 3.05) is 13.1 Å². The summed E-state index contributed by atoms with van der Waals surface area (Å²) in [6, 6.07) is 5.89. The Hall–Kier alpha value is -0.690. The number of hydrogen-bond donors (Lipinski definition) is 1. The highest BCUT2D eigenvalue weighted by molar-refractivity contribution is 7.89. The number of fused-ring (bicyclic) bond motifs is 2. The van der Waals surface area contributed by atoms with Crippen LogP contribution in [0.25, 0.3) is 0 Å². The molecular formula is C13H18ClFN2O2S. The third-order valence-electron chi connectivity index (χ3n) is 3.92. The highest BCUT2D eigenvalue weighted by atomic mass is 35.5. The molecule has 0 radical (unpaired) electrons. The molecule has 1 aromatic rings. The van der Waals surface area contributed by atoms with E-state index in [1.165, 1.54) is 22.5 Å². The van der Waals surface area contributed by atoms with E-state index < -0.39 is 15.8 Å². The van der Waals surface area contributed by atoms with Gasteiger partial charge in [0.25, 0.3) is 0 Å². The molecule has 2 bridgehead atoms. The zero-order valence-electron chi connectivity index (χ0n) is 11.0. The van der Waals surface area contributed by atoms with E-state index in [1.54, 1.807) is 0 Å². The maximum atomic E-state index is 13.2. The van der Waals surface area contributed by atoms with Crippen LogP contribution in [0.1, 0.15) is 19.3 Å². The Labute approximate surface area is 124 Å². The molecule has 2 atom stereocenters. The standard InChI is InChI=1S/C13H17FN2O2S.ClH/c14-10-2-1-3-13(8-10)19(17,18)16-7-6-11-4-5-12(9-16)15-11;/h1-3,8,11-12,15H,4-7,9H2;1H. The fourth-order valence-corrected chi connectivity index (χ4v) is 4.44. The molecule has 2 heterocycles. The largest absolute Gasteiger partial charge is 0.310 e. The lowest BCUT2D eigenvalue weighted by atomic mass is 10.1. The molecule has 2 aliphatic rings. The molecule has 2 unspecified atom stereocenters. The van der Waals surface area contributed by atoms with Crippen LogP contribution in [0.15, 0.2) is 29.2 Å². The summed E-state index contributed by atoms with van der Waals surface area (Å²) in [7, 11) is -3.58. The second-order valence-corrected chi connectivity index (χ2v) is 7.18. The summed E-state index contributed by atoms with van der Waals surface area (Å²) in [4.78, 5) is 0.0465. The lowest BCUT2D eigenvalue weighted by Crippen LogP contribution is -2.39. The average molecular weight is 321 g/mol. The van der Waals surface area contributed by atoms with Gasteiger partial charge in [-0.25, -0.2) is 12.8 Å². The van der Waals surface area contributed by atoms with E-state index in [4.69, 9.17) is 0 Å². The van der Waals surface area contributed by atoms with Gasteiger partial charge in [-0.3, -0.25) is 0 Å². The Balaban J connectivity index is 0.00000147. The van der Waals surface area contributed by atoms with E-state index in [2.05, 4.69) is 5.32 Å². The summed E-state index contributed by atoms with van der Waals surface area (Å²) < 4.78 is 39.7. The zero-order valence-corrected chi connectivity index (χ0v) is 12.6. The van der Waals surface area contributed by atoms with Crippen LogP contribution < -0.4 is 5.32 Å². The predicted molar refractivity (Wildman–Crippen MR) is 77.0 cm³/mol.